The van der Waals surface area contributed by atoms with Crippen molar-refractivity contribution in [2.24, 2.45) is 0 Å². The van der Waals surface area contributed by atoms with E-state index in [9.17, 15) is 0 Å². The fraction of sp³-hybridized carbons (Fsp3) is 0.0137. The van der Waals surface area contributed by atoms with Gasteiger partial charge in [-0.2, -0.15) is 0 Å². The Morgan fingerprint density at radius 2 is 0.684 bits per heavy atom. The van der Waals surface area contributed by atoms with E-state index in [0.717, 1.165) is 99.9 Å². The molecule has 3 nitrogen and oxygen atoms in total. The molecule has 356 valence electrons. The predicted molar refractivity (Wildman–Crippen MR) is 315 cm³/mol. The van der Waals surface area contributed by atoms with Gasteiger partial charge in [-0.05, 0) is 133 Å². The number of nitrogens with zero attached hydrogens (tertiary/aromatic N) is 1. The Morgan fingerprint density at radius 1 is 0.250 bits per heavy atom. The van der Waals surface area contributed by atoms with E-state index in [1.165, 1.54) is 38.9 Å². The molecule has 15 rings (SSSR count). The summed E-state index contributed by atoms with van der Waals surface area (Å²) in [7, 11) is 0. The van der Waals surface area contributed by atoms with E-state index < -0.39 is 5.41 Å². The highest BCUT2D eigenvalue weighted by Crippen LogP contribution is 2.57. The van der Waals surface area contributed by atoms with E-state index in [1.54, 1.807) is 0 Å². The van der Waals surface area contributed by atoms with E-state index in [4.69, 9.17) is 8.83 Å². The van der Waals surface area contributed by atoms with Crippen LogP contribution >= 0.6 is 0 Å². The molecule has 0 spiro atoms. The SMILES string of the molecule is c1ccc(C2(c3ccccc3)c3ccccc3-c3cc(N(c4ccc(-c5ccc(-c6ccc7oc8ccccc8c7c6)cc5)cc4)c4ccc(-c5ccc(-c6cccc7c6oc6ccccc67)cc5)cc4)ccc32)cc1. The Kier molecular flexibility index (Phi) is 10.1. The molecule has 14 aromatic rings. The highest BCUT2D eigenvalue weighted by molar-refractivity contribution is 6.10. The Labute approximate surface area is 440 Å². The molecule has 1 aliphatic carbocycles. The van der Waals surface area contributed by atoms with Crippen molar-refractivity contribution in [2.75, 3.05) is 4.90 Å². The quantitative estimate of drug-likeness (QED) is 0.144. The van der Waals surface area contributed by atoms with Crippen LogP contribution in [0.4, 0.5) is 17.1 Å². The minimum absolute atomic E-state index is 0.481. The molecular formula is C73H47NO2. The van der Waals surface area contributed by atoms with Crippen molar-refractivity contribution in [1.82, 2.24) is 0 Å². The van der Waals surface area contributed by atoms with E-state index >= 15 is 0 Å². The maximum absolute atomic E-state index is 6.41. The number of rotatable bonds is 9. The summed E-state index contributed by atoms with van der Waals surface area (Å²) in [6.07, 6.45) is 0. The fourth-order valence-corrected chi connectivity index (χ4v) is 12.2. The first-order valence-corrected chi connectivity index (χ1v) is 26.0. The Bertz CT molecular complexity index is 4430. The second kappa shape index (κ2) is 17.6. The molecule has 0 saturated carbocycles. The third-order valence-electron chi connectivity index (χ3n) is 15.8. The summed E-state index contributed by atoms with van der Waals surface area (Å²) in [5.74, 6) is 0. The van der Waals surface area contributed by atoms with Crippen LogP contribution < -0.4 is 4.90 Å². The highest BCUT2D eigenvalue weighted by atomic mass is 16.3. The second-order valence-corrected chi connectivity index (χ2v) is 19.9. The van der Waals surface area contributed by atoms with Gasteiger partial charge in [0, 0.05) is 44.2 Å². The molecule has 0 radical (unpaired) electrons. The Hall–Kier alpha value is -9.96. The largest absolute Gasteiger partial charge is 0.456 e. The molecule has 0 saturated heterocycles. The summed E-state index contributed by atoms with van der Waals surface area (Å²) in [4.78, 5) is 2.40. The maximum Gasteiger partial charge on any atom is 0.143 e. The summed E-state index contributed by atoms with van der Waals surface area (Å²) < 4.78 is 12.5. The zero-order valence-electron chi connectivity index (χ0n) is 41.4. The molecule has 0 amide bonds. The van der Waals surface area contributed by atoms with Gasteiger partial charge in [-0.15, -0.1) is 0 Å². The van der Waals surface area contributed by atoms with Gasteiger partial charge in [-0.25, -0.2) is 0 Å². The van der Waals surface area contributed by atoms with Gasteiger partial charge >= 0.3 is 0 Å². The van der Waals surface area contributed by atoms with Crippen molar-refractivity contribution >= 4 is 60.9 Å². The number of fused-ring (bicyclic) bond motifs is 9. The minimum atomic E-state index is -0.481. The summed E-state index contributed by atoms with van der Waals surface area (Å²) in [6, 6.07) is 103. The van der Waals surface area contributed by atoms with Gasteiger partial charge in [0.15, 0.2) is 0 Å². The zero-order chi connectivity index (χ0) is 50.2. The standard InChI is InChI=1S/C73H47NO2/c1-3-14-55(15-4-1)73(56-16-5-2-6-17-56)67-23-10-7-18-61(67)65-47-59(43-44-68(65)73)74(57-39-34-50(35-40-57)48-26-28-52(29-27-48)54-38-45-71-66(46-54)63-20-9-11-24-69(63)75-71)58-41-36-51(37-42-58)49-30-32-53(33-31-49)60-21-13-22-64-62-19-8-12-25-70(62)76-72(60)64/h1-47H. The molecule has 76 heavy (non-hydrogen) atoms. The molecule has 1 aliphatic rings. The van der Waals surface area contributed by atoms with Crippen LogP contribution in [0.2, 0.25) is 0 Å². The molecular weight excluding hydrogens is 923 g/mol. The lowest BCUT2D eigenvalue weighted by molar-refractivity contribution is 0.669. The van der Waals surface area contributed by atoms with Gasteiger partial charge in [0.05, 0.1) is 5.41 Å². The number of hydrogen-bond donors (Lipinski definition) is 0. The molecule has 0 aliphatic heterocycles. The molecule has 0 unspecified atom stereocenters. The van der Waals surface area contributed by atoms with E-state index in [0.29, 0.717) is 0 Å². The number of benzene rings is 12. The number of hydrogen-bond acceptors (Lipinski definition) is 3. The molecule has 0 atom stereocenters. The molecule has 2 aromatic heterocycles. The smallest absolute Gasteiger partial charge is 0.143 e. The normalized spacial score (nSPS) is 12.6. The molecule has 0 N–H and O–H groups in total. The minimum Gasteiger partial charge on any atom is -0.456 e. The van der Waals surface area contributed by atoms with Gasteiger partial charge in [-0.3, -0.25) is 0 Å². The summed E-state index contributed by atoms with van der Waals surface area (Å²) >= 11 is 0. The van der Waals surface area contributed by atoms with Gasteiger partial charge < -0.3 is 13.7 Å². The highest BCUT2D eigenvalue weighted by Gasteiger charge is 2.46. The third kappa shape index (κ3) is 6.97. The number of anilines is 3. The maximum atomic E-state index is 6.41. The first-order chi connectivity index (χ1) is 37.7. The monoisotopic (exact) mass is 969 g/mol. The van der Waals surface area contributed by atoms with Crippen molar-refractivity contribution in [3.63, 3.8) is 0 Å². The van der Waals surface area contributed by atoms with Crippen LogP contribution in [0, 0.1) is 0 Å². The van der Waals surface area contributed by atoms with Gasteiger partial charge in [0.1, 0.15) is 22.3 Å². The van der Waals surface area contributed by atoms with Gasteiger partial charge in [-0.1, -0.05) is 224 Å². The van der Waals surface area contributed by atoms with Crippen molar-refractivity contribution in [3.05, 3.63) is 307 Å². The average molecular weight is 970 g/mol. The topological polar surface area (TPSA) is 29.5 Å². The summed E-state index contributed by atoms with van der Waals surface area (Å²) in [6.45, 7) is 0. The van der Waals surface area contributed by atoms with Gasteiger partial charge in [0.2, 0.25) is 0 Å². The van der Waals surface area contributed by atoms with Crippen LogP contribution in [0.25, 0.3) is 99.5 Å². The fourth-order valence-electron chi connectivity index (χ4n) is 12.2. The van der Waals surface area contributed by atoms with Crippen molar-refractivity contribution < 1.29 is 8.83 Å². The molecule has 2 heterocycles. The molecule has 3 heteroatoms. The average Bonchev–Trinajstić information content (AvgIpc) is 4.18. The van der Waals surface area contributed by atoms with Crippen LogP contribution in [0.1, 0.15) is 22.3 Å². The summed E-state index contributed by atoms with van der Waals surface area (Å²) in [5, 5.41) is 4.54. The van der Waals surface area contributed by atoms with Gasteiger partial charge in [0.25, 0.3) is 0 Å². The van der Waals surface area contributed by atoms with Crippen LogP contribution in [-0.2, 0) is 5.41 Å². The first kappa shape index (κ1) is 43.6. The molecule has 12 aromatic carbocycles. The van der Waals surface area contributed by atoms with Crippen molar-refractivity contribution in [2.45, 2.75) is 5.41 Å². The second-order valence-electron chi connectivity index (χ2n) is 19.9. The first-order valence-electron chi connectivity index (χ1n) is 26.0. The van der Waals surface area contributed by atoms with E-state index in [-0.39, 0.29) is 0 Å². The Balaban J connectivity index is 0.806. The van der Waals surface area contributed by atoms with Crippen molar-refractivity contribution in [3.8, 4) is 55.6 Å². The summed E-state index contributed by atoms with van der Waals surface area (Å²) in [5.41, 5.74) is 23.1. The third-order valence-corrected chi connectivity index (χ3v) is 15.8. The Morgan fingerprint density at radius 3 is 1.32 bits per heavy atom. The van der Waals surface area contributed by atoms with Crippen molar-refractivity contribution in [1.29, 1.82) is 0 Å². The van der Waals surface area contributed by atoms with Crippen LogP contribution in [-0.4, -0.2) is 0 Å². The molecule has 0 fully saturated rings. The van der Waals surface area contributed by atoms with Crippen LogP contribution in [0.15, 0.2) is 294 Å². The molecule has 0 bridgehead atoms. The van der Waals surface area contributed by atoms with Crippen LogP contribution in [0.3, 0.4) is 0 Å². The van der Waals surface area contributed by atoms with E-state index in [2.05, 4.69) is 266 Å². The number of para-hydroxylation sites is 3. The lowest BCUT2D eigenvalue weighted by atomic mass is 9.68. The zero-order valence-corrected chi connectivity index (χ0v) is 41.4. The van der Waals surface area contributed by atoms with Crippen LogP contribution in [0.5, 0.6) is 0 Å². The lowest BCUT2D eigenvalue weighted by Crippen LogP contribution is -2.28. The predicted octanol–water partition coefficient (Wildman–Crippen LogP) is 20.0. The van der Waals surface area contributed by atoms with E-state index in [1.807, 2.05) is 24.3 Å². The number of furan rings is 2. The lowest BCUT2D eigenvalue weighted by Gasteiger charge is -2.34.